The maximum Gasteiger partial charge on any atom is 0.305 e. The van der Waals surface area contributed by atoms with Gasteiger partial charge in [-0.3, -0.25) is 4.79 Å². The topological polar surface area (TPSA) is 105 Å². The van der Waals surface area contributed by atoms with E-state index >= 15 is 0 Å². The molecule has 8 nitrogen and oxygen atoms in total. The maximum absolute atomic E-state index is 11.7. The third kappa shape index (κ3) is 18.8. The van der Waals surface area contributed by atoms with Crippen molar-refractivity contribution in [3.63, 3.8) is 0 Å². The van der Waals surface area contributed by atoms with Crippen LogP contribution in [0, 0.1) is 0 Å². The first-order valence-corrected chi connectivity index (χ1v) is 11.2. The molecule has 0 aliphatic carbocycles. The summed E-state index contributed by atoms with van der Waals surface area (Å²) < 4.78 is 15.8. The maximum atomic E-state index is 11.7. The van der Waals surface area contributed by atoms with Gasteiger partial charge in [0.15, 0.2) is 6.29 Å². The summed E-state index contributed by atoms with van der Waals surface area (Å²) in [6.45, 7) is 2.40. The van der Waals surface area contributed by atoms with Crippen molar-refractivity contribution in [2.75, 3.05) is 47.5 Å². The number of hydrogen-bond acceptors (Lipinski definition) is 7. The number of aliphatic carboxylic acids is 1. The van der Waals surface area contributed by atoms with Crippen molar-refractivity contribution < 1.29 is 38.5 Å². The lowest BCUT2D eigenvalue weighted by Crippen LogP contribution is -2.44. The largest absolute Gasteiger partial charge is 0.545 e. The normalized spacial score (nSPS) is 13.8. The Morgan fingerprint density at radius 1 is 0.900 bits per heavy atom. The number of likely N-dealkylation sites (N-methyl/N-ethyl adjacent to an activating group) is 1. The average molecular weight is 434 g/mol. The van der Waals surface area contributed by atoms with Crippen LogP contribution in [0.15, 0.2) is 0 Å². The molecule has 0 saturated heterocycles. The molecule has 2 unspecified atom stereocenters. The number of quaternary nitrogens is 1. The highest BCUT2D eigenvalue weighted by atomic mass is 16.7. The lowest BCUT2D eigenvalue weighted by molar-refractivity contribution is -0.870. The molecule has 0 fully saturated rings. The van der Waals surface area contributed by atoms with Gasteiger partial charge in [-0.1, -0.05) is 58.3 Å². The van der Waals surface area contributed by atoms with Gasteiger partial charge in [-0.05, 0) is 6.42 Å². The van der Waals surface area contributed by atoms with E-state index in [1.807, 2.05) is 21.1 Å². The Hall–Kier alpha value is -1.22. The van der Waals surface area contributed by atoms with E-state index in [1.165, 1.54) is 38.5 Å². The van der Waals surface area contributed by atoms with Gasteiger partial charge in [0, 0.05) is 6.42 Å². The first-order valence-electron chi connectivity index (χ1n) is 11.2. The molecule has 0 aliphatic heterocycles. The molecule has 0 radical (unpaired) electrons. The zero-order chi connectivity index (χ0) is 22.8. The van der Waals surface area contributed by atoms with Gasteiger partial charge in [0.05, 0.1) is 40.3 Å². The molecule has 0 aromatic carbocycles. The predicted molar refractivity (Wildman–Crippen MR) is 112 cm³/mol. The molecule has 0 aromatic rings. The van der Waals surface area contributed by atoms with Crippen LogP contribution in [-0.4, -0.2) is 81.4 Å². The molecular weight excluding hydrogens is 390 g/mol. The highest BCUT2D eigenvalue weighted by molar-refractivity contribution is 5.69. The predicted octanol–water partition coefficient (Wildman–Crippen LogP) is 1.63. The number of nitrogens with zero attached hydrogens (tertiary/aromatic N) is 1. The molecule has 1 N–H and O–H groups in total. The highest BCUT2D eigenvalue weighted by Crippen LogP contribution is 2.11. The number of ether oxygens (including phenoxy) is 3. The van der Waals surface area contributed by atoms with Crippen molar-refractivity contribution in [2.45, 2.75) is 83.5 Å². The summed E-state index contributed by atoms with van der Waals surface area (Å²) >= 11 is 0. The van der Waals surface area contributed by atoms with Gasteiger partial charge in [-0.2, -0.15) is 0 Å². The molecular formula is C22H43NO7. The van der Waals surface area contributed by atoms with Crippen molar-refractivity contribution >= 4 is 11.9 Å². The SMILES string of the molecule is CCCCCCCCCCCC(=O)OCC(O)COC(OCC[N+](C)(C)C)C(=O)[O-]. The number of aliphatic hydroxyl groups excluding tert-OH is 1. The summed E-state index contributed by atoms with van der Waals surface area (Å²) in [5, 5.41) is 20.9. The zero-order valence-corrected chi connectivity index (χ0v) is 19.4. The number of carbonyl (C=O) groups is 2. The van der Waals surface area contributed by atoms with E-state index in [-0.39, 0.29) is 25.8 Å². The quantitative estimate of drug-likeness (QED) is 0.135. The van der Waals surface area contributed by atoms with Crippen molar-refractivity contribution in [3.8, 4) is 0 Å². The lowest BCUT2D eigenvalue weighted by atomic mass is 10.1. The van der Waals surface area contributed by atoms with Crippen LogP contribution in [0.1, 0.15) is 71.1 Å². The van der Waals surface area contributed by atoms with Crippen LogP contribution in [0.2, 0.25) is 0 Å². The van der Waals surface area contributed by atoms with Crippen LogP contribution in [0.3, 0.4) is 0 Å². The number of carbonyl (C=O) groups excluding carboxylic acids is 2. The van der Waals surface area contributed by atoms with Gasteiger partial charge in [0.25, 0.3) is 0 Å². The molecule has 0 rings (SSSR count). The lowest BCUT2D eigenvalue weighted by Gasteiger charge is -2.26. The molecule has 0 heterocycles. The van der Waals surface area contributed by atoms with Gasteiger partial charge in [0.2, 0.25) is 0 Å². The summed E-state index contributed by atoms with van der Waals surface area (Å²) in [5.41, 5.74) is 0. The third-order valence-corrected chi connectivity index (χ3v) is 4.58. The van der Waals surface area contributed by atoms with E-state index < -0.39 is 18.4 Å². The summed E-state index contributed by atoms with van der Waals surface area (Å²) in [7, 11) is 5.85. The minimum absolute atomic E-state index is 0.173. The van der Waals surface area contributed by atoms with Crippen molar-refractivity contribution in [3.05, 3.63) is 0 Å². The Balaban J connectivity index is 3.78. The fraction of sp³-hybridized carbons (Fsp3) is 0.909. The van der Waals surface area contributed by atoms with E-state index in [0.29, 0.717) is 17.4 Å². The second-order valence-corrected chi connectivity index (χ2v) is 8.78. The third-order valence-electron chi connectivity index (χ3n) is 4.58. The fourth-order valence-electron chi connectivity index (χ4n) is 2.71. The number of unbranched alkanes of at least 4 members (excludes halogenated alkanes) is 8. The number of rotatable bonds is 20. The molecule has 0 saturated carbocycles. The van der Waals surface area contributed by atoms with E-state index in [4.69, 9.17) is 14.2 Å². The van der Waals surface area contributed by atoms with Gasteiger partial charge >= 0.3 is 5.97 Å². The molecule has 8 heteroatoms. The minimum Gasteiger partial charge on any atom is -0.545 e. The van der Waals surface area contributed by atoms with Crippen molar-refractivity contribution in [1.82, 2.24) is 0 Å². The number of hydrogen-bond donors (Lipinski definition) is 1. The molecule has 0 amide bonds. The molecule has 30 heavy (non-hydrogen) atoms. The first kappa shape index (κ1) is 28.8. The van der Waals surface area contributed by atoms with E-state index in [9.17, 15) is 19.8 Å². The van der Waals surface area contributed by atoms with Gasteiger partial charge in [-0.15, -0.1) is 0 Å². The number of carboxylic acids is 1. The van der Waals surface area contributed by atoms with E-state index in [0.717, 1.165) is 19.3 Å². The number of carboxylic acid groups (broad SMARTS) is 1. The van der Waals surface area contributed by atoms with Crippen LogP contribution < -0.4 is 5.11 Å². The number of esters is 1. The average Bonchev–Trinajstić information content (AvgIpc) is 2.66. The van der Waals surface area contributed by atoms with Gasteiger partial charge in [0.1, 0.15) is 19.3 Å². The molecule has 178 valence electrons. The smallest absolute Gasteiger partial charge is 0.305 e. The van der Waals surface area contributed by atoms with Crippen LogP contribution in [0.25, 0.3) is 0 Å². The minimum atomic E-state index is -1.57. The Kier molecular flexibility index (Phi) is 16.7. The summed E-state index contributed by atoms with van der Waals surface area (Å²) in [6, 6.07) is 0. The second kappa shape index (κ2) is 17.5. The van der Waals surface area contributed by atoms with Crippen molar-refractivity contribution in [2.24, 2.45) is 0 Å². The van der Waals surface area contributed by atoms with Crippen LogP contribution >= 0.6 is 0 Å². The summed E-state index contributed by atoms with van der Waals surface area (Å²) in [5.74, 6) is -1.88. The summed E-state index contributed by atoms with van der Waals surface area (Å²) in [4.78, 5) is 22.8. The second-order valence-electron chi connectivity index (χ2n) is 8.78. The monoisotopic (exact) mass is 433 g/mol. The Bertz CT molecular complexity index is 451. The Morgan fingerprint density at radius 3 is 2.00 bits per heavy atom. The Morgan fingerprint density at radius 2 is 1.47 bits per heavy atom. The van der Waals surface area contributed by atoms with Gasteiger partial charge in [-0.25, -0.2) is 0 Å². The highest BCUT2D eigenvalue weighted by Gasteiger charge is 2.17. The molecule has 0 bridgehead atoms. The van der Waals surface area contributed by atoms with Crippen LogP contribution in [0.4, 0.5) is 0 Å². The Labute approximate surface area is 182 Å². The fourth-order valence-corrected chi connectivity index (χ4v) is 2.71. The van der Waals surface area contributed by atoms with E-state index in [2.05, 4.69) is 6.92 Å². The van der Waals surface area contributed by atoms with Gasteiger partial charge < -0.3 is 33.7 Å². The van der Waals surface area contributed by atoms with Crippen LogP contribution in [0.5, 0.6) is 0 Å². The van der Waals surface area contributed by atoms with Crippen LogP contribution in [-0.2, 0) is 23.8 Å². The molecule has 2 atom stereocenters. The molecule has 0 aromatic heterocycles. The zero-order valence-electron chi connectivity index (χ0n) is 19.4. The number of aliphatic hydroxyl groups is 1. The molecule has 0 spiro atoms. The summed E-state index contributed by atoms with van der Waals surface area (Å²) in [6.07, 6.45) is 8.12. The van der Waals surface area contributed by atoms with Crippen molar-refractivity contribution in [1.29, 1.82) is 0 Å². The molecule has 0 aliphatic rings. The standard InChI is InChI=1S/C22H43NO7/c1-5-6-7-8-9-10-11-12-13-14-20(25)29-17-19(24)18-30-22(21(26)27)28-16-15-23(2,3)4/h19,22,24H,5-18H2,1-4H3. The van der Waals surface area contributed by atoms with E-state index in [1.54, 1.807) is 0 Å². The first-order chi connectivity index (χ1) is 14.2.